The Kier molecular flexibility index (Phi) is 5.70. The number of carbonyl (C=O) groups excluding carboxylic acids is 2. The number of hydrogen-bond acceptors (Lipinski definition) is 3. The molecule has 0 unspecified atom stereocenters. The highest BCUT2D eigenvalue weighted by atomic mass is 16.2. The molecule has 0 fully saturated rings. The average Bonchev–Trinajstić information content (AvgIpc) is 2.37. The molecule has 18 heavy (non-hydrogen) atoms. The molecule has 0 aliphatic carbocycles. The van der Waals surface area contributed by atoms with Gasteiger partial charge in [-0.3, -0.25) is 9.59 Å². The highest BCUT2D eigenvalue weighted by Gasteiger charge is 2.06. The molecule has 5 heteroatoms. The fraction of sp³-hybridized carbons (Fsp3) is 0.385. The Morgan fingerprint density at radius 2 is 1.67 bits per heavy atom. The zero-order valence-electron chi connectivity index (χ0n) is 10.7. The van der Waals surface area contributed by atoms with E-state index in [1.165, 1.54) is 0 Å². The molecule has 0 spiro atoms. The molecule has 0 aromatic heterocycles. The van der Waals surface area contributed by atoms with E-state index in [0.29, 0.717) is 12.1 Å². The maximum atomic E-state index is 11.7. The van der Waals surface area contributed by atoms with Crippen LogP contribution in [-0.4, -0.2) is 31.4 Å². The third kappa shape index (κ3) is 4.45. The van der Waals surface area contributed by atoms with Crippen LogP contribution in [0.15, 0.2) is 24.3 Å². The second-order valence-electron chi connectivity index (χ2n) is 3.74. The molecule has 98 valence electrons. The van der Waals surface area contributed by atoms with Crippen molar-refractivity contribution in [2.45, 2.75) is 13.8 Å². The van der Waals surface area contributed by atoms with Crippen LogP contribution in [-0.2, 0) is 4.79 Å². The molecule has 1 rings (SSSR count). The topological polar surface area (TPSA) is 70.2 Å². The number of likely N-dealkylation sites (N-methyl/N-ethyl adjacent to an activating group) is 1. The quantitative estimate of drug-likeness (QED) is 0.704. The van der Waals surface area contributed by atoms with E-state index in [9.17, 15) is 9.59 Å². The van der Waals surface area contributed by atoms with Gasteiger partial charge in [0, 0.05) is 24.3 Å². The fourth-order valence-corrected chi connectivity index (χ4v) is 1.47. The zero-order valence-corrected chi connectivity index (χ0v) is 10.7. The molecule has 0 atom stereocenters. The number of anilines is 1. The van der Waals surface area contributed by atoms with E-state index < -0.39 is 0 Å². The number of hydrogen-bond donors (Lipinski definition) is 3. The summed E-state index contributed by atoms with van der Waals surface area (Å²) >= 11 is 0. The van der Waals surface area contributed by atoms with Gasteiger partial charge in [0.05, 0.1) is 6.54 Å². The molecule has 0 saturated carbocycles. The van der Waals surface area contributed by atoms with Gasteiger partial charge in [0.25, 0.3) is 5.91 Å². The van der Waals surface area contributed by atoms with Crippen LogP contribution in [0.25, 0.3) is 0 Å². The summed E-state index contributed by atoms with van der Waals surface area (Å²) in [5.74, 6) is -0.431. The fourth-order valence-electron chi connectivity index (χ4n) is 1.47. The summed E-state index contributed by atoms with van der Waals surface area (Å²) in [6, 6.07) is 7.13. The van der Waals surface area contributed by atoms with Crippen molar-refractivity contribution < 1.29 is 9.59 Å². The van der Waals surface area contributed by atoms with E-state index in [-0.39, 0.29) is 18.4 Å². The van der Waals surface area contributed by atoms with Crippen LogP contribution in [0.5, 0.6) is 0 Å². The lowest BCUT2D eigenvalue weighted by Crippen LogP contribution is -2.36. The van der Waals surface area contributed by atoms with Crippen LogP contribution >= 0.6 is 0 Å². The summed E-state index contributed by atoms with van der Waals surface area (Å²) < 4.78 is 0. The largest absolute Gasteiger partial charge is 0.385 e. The second-order valence-corrected chi connectivity index (χ2v) is 3.74. The summed E-state index contributed by atoms with van der Waals surface area (Å²) in [5, 5.41) is 8.32. The van der Waals surface area contributed by atoms with Gasteiger partial charge < -0.3 is 16.0 Å². The minimum Gasteiger partial charge on any atom is -0.385 e. The van der Waals surface area contributed by atoms with Crippen molar-refractivity contribution in [3.63, 3.8) is 0 Å². The first-order chi connectivity index (χ1) is 8.67. The Balaban J connectivity index is 2.48. The van der Waals surface area contributed by atoms with E-state index in [2.05, 4.69) is 16.0 Å². The lowest BCUT2D eigenvalue weighted by Gasteiger charge is -2.07. The summed E-state index contributed by atoms with van der Waals surface area (Å²) in [4.78, 5) is 22.9. The van der Waals surface area contributed by atoms with Gasteiger partial charge in [-0.2, -0.15) is 0 Å². The molecule has 3 N–H and O–H groups in total. The van der Waals surface area contributed by atoms with Gasteiger partial charge >= 0.3 is 0 Å². The van der Waals surface area contributed by atoms with Crippen LogP contribution in [0.2, 0.25) is 0 Å². The third-order valence-electron chi connectivity index (χ3n) is 2.31. The number of rotatable bonds is 6. The van der Waals surface area contributed by atoms with Crippen molar-refractivity contribution in [2.75, 3.05) is 25.0 Å². The summed E-state index contributed by atoms with van der Waals surface area (Å²) in [6.07, 6.45) is 0. The smallest absolute Gasteiger partial charge is 0.251 e. The second kappa shape index (κ2) is 7.32. The first kappa shape index (κ1) is 14.0. The van der Waals surface area contributed by atoms with E-state index in [1.807, 2.05) is 26.0 Å². The maximum Gasteiger partial charge on any atom is 0.251 e. The lowest BCUT2D eigenvalue weighted by atomic mass is 10.2. The number of benzene rings is 1. The molecular weight excluding hydrogens is 230 g/mol. The van der Waals surface area contributed by atoms with Crippen molar-refractivity contribution in [3.05, 3.63) is 29.8 Å². The van der Waals surface area contributed by atoms with E-state index >= 15 is 0 Å². The molecule has 0 aliphatic rings. The van der Waals surface area contributed by atoms with Gasteiger partial charge in [-0.1, -0.05) is 0 Å². The molecule has 2 amide bonds. The van der Waals surface area contributed by atoms with Gasteiger partial charge in [0.15, 0.2) is 0 Å². The van der Waals surface area contributed by atoms with Crippen molar-refractivity contribution in [1.29, 1.82) is 0 Å². The molecule has 1 aromatic rings. The predicted molar refractivity (Wildman–Crippen MR) is 71.6 cm³/mol. The van der Waals surface area contributed by atoms with Crippen LogP contribution < -0.4 is 16.0 Å². The van der Waals surface area contributed by atoms with Crippen LogP contribution in [0, 0.1) is 0 Å². The van der Waals surface area contributed by atoms with Crippen molar-refractivity contribution in [2.24, 2.45) is 0 Å². The number of carbonyl (C=O) groups is 2. The van der Waals surface area contributed by atoms with Crippen LogP contribution in [0.4, 0.5) is 5.69 Å². The Bertz CT molecular complexity index is 401. The minimum atomic E-state index is -0.246. The Hall–Kier alpha value is -2.04. The lowest BCUT2D eigenvalue weighted by molar-refractivity contribution is -0.120. The van der Waals surface area contributed by atoms with Gasteiger partial charge in [-0.05, 0) is 38.1 Å². The van der Waals surface area contributed by atoms with Gasteiger partial charge in [0.1, 0.15) is 0 Å². The van der Waals surface area contributed by atoms with Crippen molar-refractivity contribution >= 4 is 17.5 Å². The van der Waals surface area contributed by atoms with E-state index in [0.717, 1.165) is 12.2 Å². The first-order valence-electron chi connectivity index (χ1n) is 6.06. The third-order valence-corrected chi connectivity index (χ3v) is 2.31. The molecule has 0 heterocycles. The SMILES string of the molecule is CCNC(=O)CNC(=O)c1ccc(NCC)cc1. The van der Waals surface area contributed by atoms with E-state index in [4.69, 9.17) is 0 Å². The van der Waals surface area contributed by atoms with Gasteiger partial charge in [0.2, 0.25) is 5.91 Å². The molecule has 1 aromatic carbocycles. The molecular formula is C13H19N3O2. The molecule has 0 saturated heterocycles. The van der Waals surface area contributed by atoms with Crippen molar-refractivity contribution in [1.82, 2.24) is 10.6 Å². The molecule has 0 bridgehead atoms. The zero-order chi connectivity index (χ0) is 13.4. The number of amides is 2. The minimum absolute atomic E-state index is 0.00162. The monoisotopic (exact) mass is 249 g/mol. The van der Waals surface area contributed by atoms with Gasteiger partial charge in [-0.25, -0.2) is 0 Å². The highest BCUT2D eigenvalue weighted by molar-refractivity contribution is 5.96. The maximum absolute atomic E-state index is 11.7. The standard InChI is InChI=1S/C13H19N3O2/c1-3-14-11-7-5-10(6-8-11)13(18)16-9-12(17)15-4-2/h5-8,14H,3-4,9H2,1-2H3,(H,15,17)(H,16,18). The highest BCUT2D eigenvalue weighted by Crippen LogP contribution is 2.08. The Morgan fingerprint density at radius 1 is 1.00 bits per heavy atom. The molecule has 0 aliphatic heterocycles. The Morgan fingerprint density at radius 3 is 2.22 bits per heavy atom. The van der Waals surface area contributed by atoms with Crippen molar-refractivity contribution in [3.8, 4) is 0 Å². The molecule has 5 nitrogen and oxygen atoms in total. The van der Waals surface area contributed by atoms with Crippen LogP contribution in [0.3, 0.4) is 0 Å². The molecule has 0 radical (unpaired) electrons. The number of nitrogens with one attached hydrogen (secondary N) is 3. The van der Waals surface area contributed by atoms with Crippen LogP contribution in [0.1, 0.15) is 24.2 Å². The Labute approximate surface area is 107 Å². The summed E-state index contributed by atoms with van der Waals surface area (Å²) in [5.41, 5.74) is 1.51. The normalized spacial score (nSPS) is 9.67. The first-order valence-corrected chi connectivity index (χ1v) is 6.06. The average molecular weight is 249 g/mol. The summed E-state index contributed by atoms with van der Waals surface area (Å²) in [6.45, 7) is 5.24. The van der Waals surface area contributed by atoms with Gasteiger partial charge in [-0.15, -0.1) is 0 Å². The summed E-state index contributed by atoms with van der Waals surface area (Å²) in [7, 11) is 0. The van der Waals surface area contributed by atoms with E-state index in [1.54, 1.807) is 12.1 Å². The predicted octanol–water partition coefficient (Wildman–Crippen LogP) is 0.984.